The number of nitrogens with zero attached hydrogens (tertiary/aromatic N) is 1. The monoisotopic (exact) mass is 286 g/mol. The van der Waals surface area contributed by atoms with Gasteiger partial charge in [0.05, 0.1) is 18.2 Å². The number of carbonyl (C=O) groups is 1. The molecule has 0 saturated carbocycles. The molecule has 1 rings (SSSR count). The summed E-state index contributed by atoms with van der Waals surface area (Å²) in [5, 5.41) is 11.0. The van der Waals surface area contributed by atoms with Gasteiger partial charge in [-0.15, -0.1) is 0 Å². The van der Waals surface area contributed by atoms with Crippen LogP contribution in [-0.2, 0) is 16.1 Å². The van der Waals surface area contributed by atoms with Crippen molar-refractivity contribution in [1.82, 2.24) is 5.32 Å². The quantitative estimate of drug-likeness (QED) is 0.780. The lowest BCUT2D eigenvalue weighted by Crippen LogP contribution is -2.24. The third-order valence-electron chi connectivity index (χ3n) is 2.38. The normalized spacial score (nSPS) is 10.3. The Bertz CT molecular complexity index is 501. The molecule has 0 aliphatic rings. The lowest BCUT2D eigenvalue weighted by molar-refractivity contribution is -0.122. The molecule has 7 heteroatoms. The Morgan fingerprint density at radius 2 is 2.20 bits per heavy atom. The number of ether oxygens (including phenoxy) is 1. The molecule has 0 unspecified atom stereocenters. The molecule has 0 aromatic heterocycles. The van der Waals surface area contributed by atoms with Crippen LogP contribution in [0.1, 0.15) is 17.5 Å². The van der Waals surface area contributed by atoms with Gasteiger partial charge < -0.3 is 10.1 Å². The van der Waals surface area contributed by atoms with Gasteiger partial charge in [0.2, 0.25) is 5.91 Å². The van der Waals surface area contributed by atoms with Crippen LogP contribution in [0.3, 0.4) is 0 Å². The van der Waals surface area contributed by atoms with Crippen molar-refractivity contribution in [3.8, 4) is 6.07 Å². The van der Waals surface area contributed by atoms with Crippen molar-refractivity contribution in [1.29, 1.82) is 5.26 Å². The second-order valence-electron chi connectivity index (χ2n) is 3.91. The number of hydrogen-bond acceptors (Lipinski definition) is 3. The van der Waals surface area contributed by atoms with Crippen molar-refractivity contribution in [2.45, 2.75) is 19.4 Å². The van der Waals surface area contributed by atoms with Gasteiger partial charge in [-0.1, -0.05) is 6.07 Å². The van der Waals surface area contributed by atoms with Crippen molar-refractivity contribution in [2.75, 3.05) is 13.2 Å². The maximum atomic E-state index is 13.5. The molecule has 0 aliphatic carbocycles. The van der Waals surface area contributed by atoms with Gasteiger partial charge in [-0.3, -0.25) is 4.79 Å². The van der Waals surface area contributed by atoms with Crippen LogP contribution in [0.5, 0.6) is 0 Å². The maximum absolute atomic E-state index is 13.5. The van der Waals surface area contributed by atoms with E-state index in [4.69, 9.17) is 5.26 Å². The zero-order valence-corrected chi connectivity index (χ0v) is 10.5. The summed E-state index contributed by atoms with van der Waals surface area (Å²) >= 11 is 0. The van der Waals surface area contributed by atoms with Crippen molar-refractivity contribution in [2.24, 2.45) is 0 Å². The minimum absolute atomic E-state index is 0.0365. The summed E-state index contributed by atoms with van der Waals surface area (Å²) in [4.78, 5) is 11.3. The van der Waals surface area contributed by atoms with E-state index >= 15 is 0 Å². The fourth-order valence-corrected chi connectivity index (χ4v) is 1.38. The number of benzene rings is 1. The molecule has 4 nitrogen and oxygen atoms in total. The number of amides is 1. The van der Waals surface area contributed by atoms with Crippen LogP contribution in [0.2, 0.25) is 0 Å². The van der Waals surface area contributed by atoms with Gasteiger partial charge in [0.1, 0.15) is 12.4 Å². The Morgan fingerprint density at radius 1 is 1.45 bits per heavy atom. The van der Waals surface area contributed by atoms with Gasteiger partial charge in [-0.05, 0) is 12.1 Å². The van der Waals surface area contributed by atoms with Gasteiger partial charge in [-0.2, -0.15) is 5.26 Å². The summed E-state index contributed by atoms with van der Waals surface area (Å²) in [6.45, 7) is -0.866. The Hall–Kier alpha value is -2.07. The van der Waals surface area contributed by atoms with Gasteiger partial charge in [0.15, 0.2) is 0 Å². The highest BCUT2D eigenvalue weighted by Gasteiger charge is 2.07. The first-order valence-electron chi connectivity index (χ1n) is 5.84. The minimum Gasteiger partial charge on any atom is -0.375 e. The first kappa shape index (κ1) is 16.0. The predicted octanol–water partition coefficient (Wildman–Crippen LogP) is 1.99. The van der Waals surface area contributed by atoms with E-state index in [2.05, 4.69) is 10.1 Å². The number of nitriles is 1. The molecule has 108 valence electrons. The minimum atomic E-state index is -2.56. The van der Waals surface area contributed by atoms with E-state index in [0.717, 1.165) is 6.07 Å². The summed E-state index contributed by atoms with van der Waals surface area (Å²) in [5.41, 5.74) is 0.434. The fourth-order valence-electron chi connectivity index (χ4n) is 1.38. The van der Waals surface area contributed by atoms with E-state index in [1.807, 2.05) is 0 Å². The molecule has 20 heavy (non-hydrogen) atoms. The third-order valence-corrected chi connectivity index (χ3v) is 2.38. The van der Waals surface area contributed by atoms with E-state index in [1.165, 1.54) is 12.1 Å². The lowest BCUT2D eigenvalue weighted by Gasteiger charge is -2.07. The molecular formula is C13H13F3N2O2. The number of carbonyl (C=O) groups excluding carboxylic acids is 1. The zero-order valence-electron chi connectivity index (χ0n) is 10.5. The summed E-state index contributed by atoms with van der Waals surface area (Å²) in [5.74, 6) is -1.01. The first-order valence-corrected chi connectivity index (χ1v) is 5.84. The highest BCUT2D eigenvalue weighted by molar-refractivity contribution is 5.75. The second-order valence-corrected chi connectivity index (χ2v) is 3.91. The average Bonchev–Trinajstić information content (AvgIpc) is 2.42. The van der Waals surface area contributed by atoms with Crippen LogP contribution in [0.15, 0.2) is 18.2 Å². The van der Waals surface area contributed by atoms with E-state index in [-0.39, 0.29) is 30.7 Å². The predicted molar refractivity (Wildman–Crippen MR) is 64.4 cm³/mol. The van der Waals surface area contributed by atoms with Crippen LogP contribution >= 0.6 is 0 Å². The van der Waals surface area contributed by atoms with Gasteiger partial charge in [-0.25, -0.2) is 13.2 Å². The molecule has 0 aliphatic heterocycles. The van der Waals surface area contributed by atoms with Gasteiger partial charge in [0.25, 0.3) is 6.43 Å². The number of halogens is 3. The van der Waals surface area contributed by atoms with Crippen LogP contribution in [0.4, 0.5) is 13.2 Å². The SMILES string of the molecule is N#Cc1ccc(CNC(=O)CCOCC(F)F)c(F)c1. The molecule has 0 atom stereocenters. The maximum Gasteiger partial charge on any atom is 0.261 e. The second kappa shape index (κ2) is 8.17. The van der Waals surface area contributed by atoms with E-state index < -0.39 is 24.8 Å². The van der Waals surface area contributed by atoms with Gasteiger partial charge >= 0.3 is 0 Å². The van der Waals surface area contributed by atoms with Crippen molar-refractivity contribution >= 4 is 5.91 Å². The standard InChI is InChI=1S/C13H13F3N2O2/c14-11-5-9(6-17)1-2-10(11)7-18-13(19)3-4-20-8-12(15)16/h1-2,5,12H,3-4,7-8H2,(H,18,19). The highest BCUT2D eigenvalue weighted by Crippen LogP contribution is 2.09. The molecule has 1 N–H and O–H groups in total. The topological polar surface area (TPSA) is 62.1 Å². The molecular weight excluding hydrogens is 273 g/mol. The number of hydrogen-bond donors (Lipinski definition) is 1. The summed E-state index contributed by atoms with van der Waals surface area (Å²) in [6.07, 6.45) is -2.64. The van der Waals surface area contributed by atoms with E-state index in [1.54, 1.807) is 6.07 Å². The molecule has 0 saturated heterocycles. The number of rotatable bonds is 7. The first-order chi connectivity index (χ1) is 9.52. The third kappa shape index (κ3) is 5.71. The average molecular weight is 286 g/mol. The Labute approximate surface area is 114 Å². The molecule has 1 aromatic rings. The molecule has 1 amide bonds. The summed E-state index contributed by atoms with van der Waals surface area (Å²) < 4.78 is 41.5. The Balaban J connectivity index is 2.32. The molecule has 0 heterocycles. The van der Waals surface area contributed by atoms with Crippen LogP contribution < -0.4 is 5.32 Å². The fraction of sp³-hybridized carbons (Fsp3) is 0.385. The van der Waals surface area contributed by atoms with Crippen molar-refractivity contribution < 1.29 is 22.7 Å². The zero-order chi connectivity index (χ0) is 15.0. The molecule has 1 aromatic carbocycles. The Morgan fingerprint density at radius 3 is 2.80 bits per heavy atom. The highest BCUT2D eigenvalue weighted by atomic mass is 19.3. The van der Waals surface area contributed by atoms with Gasteiger partial charge in [0, 0.05) is 18.5 Å². The summed E-state index contributed by atoms with van der Waals surface area (Å²) in [6, 6.07) is 5.72. The van der Waals surface area contributed by atoms with Crippen molar-refractivity contribution in [3.63, 3.8) is 0 Å². The van der Waals surface area contributed by atoms with Crippen LogP contribution in [0, 0.1) is 17.1 Å². The number of alkyl halides is 2. The molecule has 0 spiro atoms. The van der Waals surface area contributed by atoms with Crippen LogP contribution in [0.25, 0.3) is 0 Å². The molecule has 0 fully saturated rings. The molecule has 0 radical (unpaired) electrons. The smallest absolute Gasteiger partial charge is 0.261 e. The van der Waals surface area contributed by atoms with E-state index in [0.29, 0.717) is 0 Å². The van der Waals surface area contributed by atoms with Crippen molar-refractivity contribution in [3.05, 3.63) is 35.1 Å². The van der Waals surface area contributed by atoms with Crippen LogP contribution in [-0.4, -0.2) is 25.5 Å². The lowest BCUT2D eigenvalue weighted by atomic mass is 10.1. The molecule has 0 bridgehead atoms. The number of nitrogens with one attached hydrogen (secondary N) is 1. The summed E-state index contributed by atoms with van der Waals surface area (Å²) in [7, 11) is 0. The Kier molecular flexibility index (Phi) is 6.53. The van der Waals surface area contributed by atoms with E-state index in [9.17, 15) is 18.0 Å². The largest absolute Gasteiger partial charge is 0.375 e.